The zero-order valence-corrected chi connectivity index (χ0v) is 6.68. The van der Waals surface area contributed by atoms with Crippen LogP contribution >= 0.6 is 0 Å². The minimum atomic E-state index is -0.737. The highest BCUT2D eigenvalue weighted by Crippen LogP contribution is 2.19. The van der Waals surface area contributed by atoms with Crippen LogP contribution in [0.4, 0.5) is 4.79 Å². The number of hydrogen-bond acceptors (Lipinski definition) is 2. The van der Waals surface area contributed by atoms with Crippen molar-refractivity contribution < 1.29 is 9.59 Å². The first kappa shape index (κ1) is 8.04. The molecule has 1 N–H and O–H groups in total. The lowest BCUT2D eigenvalue weighted by Crippen LogP contribution is -2.43. The van der Waals surface area contributed by atoms with Crippen LogP contribution in [0.2, 0.25) is 0 Å². The number of amides is 3. The van der Waals surface area contributed by atoms with Gasteiger partial charge in [0.2, 0.25) is 0 Å². The average molecular weight is 155 g/mol. The molecule has 1 radical (unpaired) electrons. The van der Waals surface area contributed by atoms with Gasteiger partial charge in [-0.3, -0.25) is 10.1 Å². The molecule has 1 heterocycles. The van der Waals surface area contributed by atoms with Gasteiger partial charge in [-0.2, -0.15) is 0 Å². The molecule has 4 heteroatoms. The molecule has 0 aliphatic carbocycles. The highest BCUT2D eigenvalue weighted by molar-refractivity contribution is 6.06. The molecule has 1 rings (SSSR count). The average Bonchev–Trinajstić information content (AvgIpc) is 2.04. The Bertz CT molecular complexity index is 210. The fraction of sp³-hybridized carbons (Fsp3) is 0.571. The summed E-state index contributed by atoms with van der Waals surface area (Å²) >= 11 is 0. The quantitative estimate of drug-likeness (QED) is 0.548. The van der Waals surface area contributed by atoms with Gasteiger partial charge in [-0.05, 0) is 20.8 Å². The SMILES string of the molecule is [CH2]CN1C(=O)NC(=O)C1(C)C. The maximum Gasteiger partial charge on any atom is 0.324 e. The molecular weight excluding hydrogens is 144 g/mol. The van der Waals surface area contributed by atoms with Crippen LogP contribution in [0.25, 0.3) is 0 Å². The second kappa shape index (κ2) is 2.22. The highest BCUT2D eigenvalue weighted by Gasteiger charge is 2.44. The molecule has 0 saturated carbocycles. The minimum Gasteiger partial charge on any atom is -0.310 e. The lowest BCUT2D eigenvalue weighted by atomic mass is 10.1. The van der Waals surface area contributed by atoms with Gasteiger partial charge in [-0.25, -0.2) is 4.79 Å². The van der Waals surface area contributed by atoms with Crippen LogP contribution in [-0.4, -0.2) is 28.9 Å². The number of rotatable bonds is 1. The fourth-order valence-electron chi connectivity index (χ4n) is 1.08. The number of urea groups is 1. The first-order chi connectivity index (χ1) is 5.00. The summed E-state index contributed by atoms with van der Waals surface area (Å²) in [5, 5.41) is 2.22. The van der Waals surface area contributed by atoms with Crippen molar-refractivity contribution in [1.29, 1.82) is 0 Å². The zero-order valence-electron chi connectivity index (χ0n) is 6.68. The van der Waals surface area contributed by atoms with Crippen LogP contribution in [-0.2, 0) is 4.79 Å². The fourth-order valence-corrected chi connectivity index (χ4v) is 1.08. The molecule has 1 fully saturated rings. The maximum absolute atomic E-state index is 11.1. The molecule has 1 saturated heterocycles. The van der Waals surface area contributed by atoms with Crippen LogP contribution in [0, 0.1) is 6.92 Å². The summed E-state index contributed by atoms with van der Waals surface area (Å²) in [5.74, 6) is -0.258. The van der Waals surface area contributed by atoms with Gasteiger partial charge in [0.15, 0.2) is 0 Å². The maximum atomic E-state index is 11.1. The Labute approximate surface area is 65.6 Å². The van der Waals surface area contributed by atoms with E-state index in [1.54, 1.807) is 13.8 Å². The van der Waals surface area contributed by atoms with Crippen LogP contribution in [0.3, 0.4) is 0 Å². The molecule has 0 unspecified atom stereocenters. The van der Waals surface area contributed by atoms with E-state index in [1.807, 2.05) is 0 Å². The Morgan fingerprint density at radius 2 is 2.09 bits per heavy atom. The van der Waals surface area contributed by atoms with Crippen molar-refractivity contribution in [3.05, 3.63) is 6.92 Å². The molecule has 1 aliphatic heterocycles. The molecular formula is C7H11N2O2. The van der Waals surface area contributed by atoms with Crippen molar-refractivity contribution in [1.82, 2.24) is 10.2 Å². The molecule has 0 aromatic carbocycles. The Kier molecular flexibility index (Phi) is 1.62. The van der Waals surface area contributed by atoms with Gasteiger partial charge in [0, 0.05) is 6.54 Å². The first-order valence-electron chi connectivity index (χ1n) is 3.42. The van der Waals surface area contributed by atoms with E-state index in [9.17, 15) is 9.59 Å². The topological polar surface area (TPSA) is 49.4 Å². The van der Waals surface area contributed by atoms with E-state index in [2.05, 4.69) is 12.2 Å². The van der Waals surface area contributed by atoms with Crippen molar-refractivity contribution in [2.45, 2.75) is 19.4 Å². The van der Waals surface area contributed by atoms with E-state index in [4.69, 9.17) is 0 Å². The van der Waals surface area contributed by atoms with Gasteiger partial charge in [0.25, 0.3) is 5.91 Å². The number of hydrogen-bond donors (Lipinski definition) is 1. The summed E-state index contributed by atoms with van der Waals surface area (Å²) in [5.41, 5.74) is -0.737. The summed E-state index contributed by atoms with van der Waals surface area (Å²) in [6, 6.07) is -0.352. The van der Waals surface area contributed by atoms with Gasteiger partial charge in [-0.15, -0.1) is 0 Å². The van der Waals surface area contributed by atoms with E-state index < -0.39 is 5.54 Å². The van der Waals surface area contributed by atoms with Crippen molar-refractivity contribution in [2.75, 3.05) is 6.54 Å². The van der Waals surface area contributed by atoms with Crippen LogP contribution in [0.1, 0.15) is 13.8 Å². The molecule has 0 atom stereocenters. The molecule has 0 aromatic rings. The van der Waals surface area contributed by atoms with Gasteiger partial charge < -0.3 is 4.90 Å². The predicted molar refractivity (Wildman–Crippen MR) is 39.7 cm³/mol. The van der Waals surface area contributed by atoms with Crippen molar-refractivity contribution in [2.24, 2.45) is 0 Å². The van der Waals surface area contributed by atoms with Gasteiger partial charge >= 0.3 is 6.03 Å². The summed E-state index contributed by atoms with van der Waals surface area (Å²) in [6.07, 6.45) is 0. The second-order valence-electron chi connectivity index (χ2n) is 2.97. The summed E-state index contributed by atoms with van der Waals surface area (Å²) in [4.78, 5) is 23.5. The van der Waals surface area contributed by atoms with Gasteiger partial charge in [0.05, 0.1) is 0 Å². The number of carbonyl (C=O) groups is 2. The summed E-state index contributed by atoms with van der Waals surface area (Å²) in [6.45, 7) is 7.26. The largest absolute Gasteiger partial charge is 0.324 e. The predicted octanol–water partition coefficient (Wildman–Crippen LogP) is 0.151. The standard InChI is InChI=1S/C7H11N2O2/c1-4-9-6(11)8-5(10)7(9,2)3/h1,4H2,2-3H3,(H,8,10,11). The molecule has 0 spiro atoms. The molecule has 11 heavy (non-hydrogen) atoms. The Morgan fingerprint density at radius 3 is 2.27 bits per heavy atom. The number of imide groups is 1. The second-order valence-corrected chi connectivity index (χ2v) is 2.97. The van der Waals surface area contributed by atoms with Crippen LogP contribution in [0.15, 0.2) is 0 Å². The van der Waals surface area contributed by atoms with E-state index in [0.717, 1.165) is 0 Å². The molecule has 0 aromatic heterocycles. The molecule has 1 aliphatic rings. The van der Waals surface area contributed by atoms with Crippen molar-refractivity contribution in [3.8, 4) is 0 Å². The van der Waals surface area contributed by atoms with E-state index >= 15 is 0 Å². The van der Waals surface area contributed by atoms with Gasteiger partial charge in [-0.1, -0.05) is 0 Å². The normalized spacial score (nSPS) is 22.3. The van der Waals surface area contributed by atoms with Crippen molar-refractivity contribution >= 4 is 11.9 Å². The van der Waals surface area contributed by atoms with E-state index in [1.165, 1.54) is 4.90 Å². The highest BCUT2D eigenvalue weighted by atomic mass is 16.2. The van der Waals surface area contributed by atoms with Crippen molar-refractivity contribution in [3.63, 3.8) is 0 Å². The number of carbonyl (C=O) groups excluding carboxylic acids is 2. The number of nitrogens with one attached hydrogen (secondary N) is 1. The Hall–Kier alpha value is -1.06. The lowest BCUT2D eigenvalue weighted by molar-refractivity contribution is -0.124. The molecule has 0 bridgehead atoms. The zero-order chi connectivity index (χ0) is 8.65. The number of nitrogens with zero attached hydrogens (tertiary/aromatic N) is 1. The van der Waals surface area contributed by atoms with Crippen LogP contribution in [0.5, 0.6) is 0 Å². The lowest BCUT2D eigenvalue weighted by Gasteiger charge is -2.25. The third kappa shape index (κ3) is 0.982. The smallest absolute Gasteiger partial charge is 0.310 e. The minimum absolute atomic E-state index is 0.258. The summed E-state index contributed by atoms with van der Waals surface area (Å²) in [7, 11) is 0. The van der Waals surface area contributed by atoms with E-state index in [0.29, 0.717) is 6.54 Å². The monoisotopic (exact) mass is 155 g/mol. The Morgan fingerprint density at radius 1 is 1.55 bits per heavy atom. The Balaban J connectivity index is 2.93. The third-order valence-corrected chi connectivity index (χ3v) is 1.92. The van der Waals surface area contributed by atoms with Crippen LogP contribution < -0.4 is 5.32 Å². The van der Waals surface area contributed by atoms with E-state index in [-0.39, 0.29) is 11.9 Å². The summed E-state index contributed by atoms with van der Waals surface area (Å²) < 4.78 is 0. The third-order valence-electron chi connectivity index (χ3n) is 1.92. The molecule has 3 amide bonds. The first-order valence-corrected chi connectivity index (χ1v) is 3.42. The van der Waals surface area contributed by atoms with Gasteiger partial charge in [0.1, 0.15) is 5.54 Å². The molecule has 61 valence electrons. The molecule has 4 nitrogen and oxygen atoms in total.